The summed E-state index contributed by atoms with van der Waals surface area (Å²) in [5.41, 5.74) is 4.38. The Hall–Kier alpha value is -2.64. The number of dihydropyridines is 1. The molecule has 0 unspecified atom stereocenters. The lowest BCUT2D eigenvalue weighted by atomic mass is 10.0. The molecule has 0 saturated carbocycles. The van der Waals surface area contributed by atoms with Gasteiger partial charge < -0.3 is 10.2 Å². The lowest BCUT2D eigenvalue weighted by Gasteiger charge is -2.21. The molecule has 4 heterocycles. The number of nitrogens with one attached hydrogen (secondary N) is 1. The van der Waals surface area contributed by atoms with Crippen LogP contribution in [-0.4, -0.2) is 51.9 Å². The Kier molecular flexibility index (Phi) is 7.96. The number of anilines is 1. The van der Waals surface area contributed by atoms with E-state index in [0.29, 0.717) is 0 Å². The zero-order valence-corrected chi connectivity index (χ0v) is 19.9. The van der Waals surface area contributed by atoms with E-state index in [1.54, 1.807) is 23.7 Å². The highest BCUT2D eigenvalue weighted by Gasteiger charge is 2.12. The molecule has 1 aliphatic rings. The molecule has 3 aromatic heterocycles. The number of aliphatic imine (C=N–C) groups is 1. The van der Waals surface area contributed by atoms with E-state index in [-0.39, 0.29) is 0 Å². The molecular formula is C25H32N6S. The van der Waals surface area contributed by atoms with Gasteiger partial charge in [-0.25, -0.2) is 9.97 Å². The number of thiazole rings is 1. The van der Waals surface area contributed by atoms with E-state index < -0.39 is 0 Å². The maximum absolute atomic E-state index is 4.79. The average molecular weight is 449 g/mol. The van der Waals surface area contributed by atoms with Crippen molar-refractivity contribution >= 4 is 32.7 Å². The summed E-state index contributed by atoms with van der Waals surface area (Å²) in [5, 5.41) is 4.26. The Labute approximate surface area is 194 Å². The van der Waals surface area contributed by atoms with Gasteiger partial charge in [0, 0.05) is 24.5 Å². The van der Waals surface area contributed by atoms with Gasteiger partial charge in [0.1, 0.15) is 16.2 Å². The maximum Gasteiger partial charge on any atom is 0.190 e. The van der Waals surface area contributed by atoms with Crippen LogP contribution in [0.1, 0.15) is 46.0 Å². The van der Waals surface area contributed by atoms with Crippen molar-refractivity contribution in [3.05, 3.63) is 48.3 Å². The highest BCUT2D eigenvalue weighted by molar-refractivity contribution is 7.22. The summed E-state index contributed by atoms with van der Waals surface area (Å²) < 4.78 is 0. The van der Waals surface area contributed by atoms with E-state index in [0.717, 1.165) is 52.0 Å². The summed E-state index contributed by atoms with van der Waals surface area (Å²) in [7, 11) is 0. The maximum atomic E-state index is 4.79. The van der Waals surface area contributed by atoms with Crippen LogP contribution >= 0.6 is 11.3 Å². The number of amidine groups is 1. The van der Waals surface area contributed by atoms with Crippen LogP contribution in [-0.2, 0) is 0 Å². The Bertz CT molecular complexity index is 1070. The molecule has 0 fully saturated rings. The van der Waals surface area contributed by atoms with Crippen LogP contribution in [0.4, 0.5) is 5.13 Å². The summed E-state index contributed by atoms with van der Waals surface area (Å²) in [6, 6.07) is 7.99. The molecule has 0 bridgehead atoms. The smallest absolute Gasteiger partial charge is 0.190 e. The van der Waals surface area contributed by atoms with Crippen LogP contribution in [0, 0.1) is 0 Å². The van der Waals surface area contributed by atoms with Gasteiger partial charge in [0.2, 0.25) is 0 Å². The van der Waals surface area contributed by atoms with Gasteiger partial charge in [-0.1, -0.05) is 30.8 Å². The van der Waals surface area contributed by atoms with E-state index in [4.69, 9.17) is 9.97 Å². The molecule has 32 heavy (non-hydrogen) atoms. The lowest BCUT2D eigenvalue weighted by molar-refractivity contribution is 0.271. The van der Waals surface area contributed by atoms with Gasteiger partial charge >= 0.3 is 0 Å². The zero-order valence-electron chi connectivity index (χ0n) is 19.0. The molecule has 6 nitrogen and oxygen atoms in total. The van der Waals surface area contributed by atoms with Crippen molar-refractivity contribution in [2.24, 2.45) is 4.99 Å². The summed E-state index contributed by atoms with van der Waals surface area (Å²) >= 11 is 1.57. The summed E-state index contributed by atoms with van der Waals surface area (Å²) in [5.74, 6) is 0.915. The minimum atomic E-state index is 0.840. The molecule has 1 aliphatic heterocycles. The van der Waals surface area contributed by atoms with Crippen molar-refractivity contribution < 1.29 is 0 Å². The third-order valence-electron chi connectivity index (χ3n) is 5.57. The number of nitrogens with zero attached hydrogens (tertiary/aromatic N) is 5. The van der Waals surface area contributed by atoms with Gasteiger partial charge in [-0.15, -0.1) is 0 Å². The number of aromatic nitrogens is 3. The first-order valence-corrected chi connectivity index (χ1v) is 12.5. The predicted octanol–water partition coefficient (Wildman–Crippen LogP) is 5.80. The normalized spacial score (nSPS) is 14.0. The topological polar surface area (TPSA) is 66.3 Å². The first-order valence-electron chi connectivity index (χ1n) is 11.7. The Morgan fingerprint density at radius 2 is 1.81 bits per heavy atom. The zero-order chi connectivity index (χ0) is 22.2. The monoisotopic (exact) mass is 448 g/mol. The van der Waals surface area contributed by atoms with Gasteiger partial charge in [-0.05, 0) is 82.1 Å². The summed E-state index contributed by atoms with van der Waals surface area (Å²) in [4.78, 5) is 21.8. The van der Waals surface area contributed by atoms with E-state index in [1.165, 1.54) is 44.5 Å². The second kappa shape index (κ2) is 11.3. The van der Waals surface area contributed by atoms with Crippen LogP contribution in [0.5, 0.6) is 0 Å². The van der Waals surface area contributed by atoms with Gasteiger partial charge in [-0.2, -0.15) is 0 Å². The molecule has 0 spiro atoms. The Balaban J connectivity index is 1.38. The van der Waals surface area contributed by atoms with Crippen LogP contribution in [0.25, 0.3) is 21.6 Å². The molecule has 0 aliphatic carbocycles. The van der Waals surface area contributed by atoms with Gasteiger partial charge in [0.15, 0.2) is 5.13 Å². The largest absolute Gasteiger partial charge is 0.316 e. The van der Waals surface area contributed by atoms with Crippen LogP contribution in [0.2, 0.25) is 0 Å². The van der Waals surface area contributed by atoms with Crippen molar-refractivity contribution in [1.82, 2.24) is 19.9 Å². The third kappa shape index (κ3) is 5.99. The summed E-state index contributed by atoms with van der Waals surface area (Å²) in [6.07, 6.45) is 11.7. The SMILES string of the molecule is CCCN(CCC)CCCC1=CC(Nc2nc3ccc(-c4ccncc4)nc3s2)=NCC1. The molecule has 7 heteroatoms. The highest BCUT2D eigenvalue weighted by atomic mass is 32.1. The van der Waals surface area contributed by atoms with E-state index >= 15 is 0 Å². The number of hydrogen-bond acceptors (Lipinski definition) is 7. The number of fused-ring (bicyclic) bond motifs is 1. The number of hydrogen-bond donors (Lipinski definition) is 1. The van der Waals surface area contributed by atoms with Crippen LogP contribution in [0.3, 0.4) is 0 Å². The Morgan fingerprint density at radius 3 is 2.59 bits per heavy atom. The first kappa shape index (κ1) is 22.6. The van der Waals surface area contributed by atoms with Crippen LogP contribution < -0.4 is 5.32 Å². The fraction of sp³-hybridized carbons (Fsp3) is 0.440. The molecule has 0 aromatic carbocycles. The number of pyridine rings is 2. The quantitative estimate of drug-likeness (QED) is 0.425. The molecular weight excluding hydrogens is 416 g/mol. The van der Waals surface area contributed by atoms with Crippen molar-refractivity contribution in [3.8, 4) is 11.3 Å². The average Bonchev–Trinajstić information content (AvgIpc) is 3.21. The van der Waals surface area contributed by atoms with Crippen molar-refractivity contribution in [2.75, 3.05) is 31.5 Å². The van der Waals surface area contributed by atoms with Gasteiger partial charge in [0.05, 0.1) is 5.69 Å². The lowest BCUT2D eigenvalue weighted by Crippen LogP contribution is -2.26. The van der Waals surface area contributed by atoms with Crippen molar-refractivity contribution in [2.45, 2.75) is 46.0 Å². The fourth-order valence-corrected chi connectivity index (χ4v) is 4.91. The third-order valence-corrected chi connectivity index (χ3v) is 6.45. The molecule has 0 atom stereocenters. The van der Waals surface area contributed by atoms with E-state index in [9.17, 15) is 0 Å². The minimum Gasteiger partial charge on any atom is -0.316 e. The van der Waals surface area contributed by atoms with Crippen molar-refractivity contribution in [3.63, 3.8) is 0 Å². The molecule has 0 saturated heterocycles. The highest BCUT2D eigenvalue weighted by Crippen LogP contribution is 2.28. The first-order chi connectivity index (χ1) is 15.7. The summed E-state index contributed by atoms with van der Waals surface area (Å²) in [6.45, 7) is 8.96. The van der Waals surface area contributed by atoms with Gasteiger partial charge in [0.25, 0.3) is 0 Å². The Morgan fingerprint density at radius 1 is 1.00 bits per heavy atom. The standard InChI is InChI=1S/C25H32N6S/c1-3-15-31(16-4-2)17-5-6-19-9-14-27-23(18-19)30-25-29-22-8-7-21(28-24(22)32-25)20-10-12-26-13-11-20/h7-8,10-13,18H,3-6,9,14-17H2,1-2H3,(H,27,29,30). The van der Waals surface area contributed by atoms with Gasteiger partial charge in [-0.3, -0.25) is 9.98 Å². The molecule has 0 amide bonds. The molecule has 3 aromatic rings. The van der Waals surface area contributed by atoms with Crippen LogP contribution in [0.15, 0.2) is 53.3 Å². The molecule has 1 N–H and O–H groups in total. The number of rotatable bonds is 10. The second-order valence-corrected chi connectivity index (χ2v) is 9.14. The fourth-order valence-electron chi connectivity index (χ4n) is 4.07. The molecule has 4 rings (SSSR count). The molecule has 0 radical (unpaired) electrons. The minimum absolute atomic E-state index is 0.840. The predicted molar refractivity (Wildman–Crippen MR) is 136 cm³/mol. The van der Waals surface area contributed by atoms with E-state index in [2.05, 4.69) is 40.1 Å². The van der Waals surface area contributed by atoms with Crippen molar-refractivity contribution in [1.29, 1.82) is 0 Å². The second-order valence-electron chi connectivity index (χ2n) is 8.17. The molecule has 168 valence electrons. The van der Waals surface area contributed by atoms with E-state index in [1.807, 2.05) is 24.3 Å².